The minimum atomic E-state index is 0.164. The van der Waals surface area contributed by atoms with E-state index < -0.39 is 0 Å². The van der Waals surface area contributed by atoms with Crippen molar-refractivity contribution in [2.45, 2.75) is 60.0 Å². The molecule has 2 aromatic rings. The van der Waals surface area contributed by atoms with Crippen LogP contribution in [0.5, 0.6) is 5.75 Å². The first-order valence-corrected chi connectivity index (χ1v) is 10.4. The van der Waals surface area contributed by atoms with Gasteiger partial charge < -0.3 is 4.74 Å². The molecule has 1 aliphatic rings. The maximum Gasteiger partial charge on any atom is 0.134 e. The van der Waals surface area contributed by atoms with Gasteiger partial charge in [-0.15, -0.1) is 11.3 Å². The maximum absolute atomic E-state index is 9.67. The van der Waals surface area contributed by atoms with Gasteiger partial charge in [-0.1, -0.05) is 20.8 Å². The molecule has 1 aliphatic carbocycles. The molecule has 27 heavy (non-hydrogen) atoms. The molecule has 3 nitrogen and oxygen atoms in total. The first kappa shape index (κ1) is 19.6. The second kappa shape index (κ2) is 7.86. The number of ether oxygens (including phenoxy) is 1. The zero-order valence-corrected chi connectivity index (χ0v) is 17.7. The number of hydrogen-bond acceptors (Lipinski definition) is 4. The number of hydrogen-bond donors (Lipinski definition) is 0. The van der Waals surface area contributed by atoms with Gasteiger partial charge in [0.25, 0.3) is 0 Å². The first-order valence-electron chi connectivity index (χ1n) is 9.63. The van der Waals surface area contributed by atoms with Crippen LogP contribution in [0, 0.1) is 22.7 Å². The molecule has 1 aromatic heterocycles. The summed E-state index contributed by atoms with van der Waals surface area (Å²) in [7, 11) is 0. The normalized spacial score (nSPS) is 17.1. The summed E-state index contributed by atoms with van der Waals surface area (Å²) < 4.78 is 5.68. The van der Waals surface area contributed by atoms with Crippen molar-refractivity contribution in [3.8, 4) is 11.8 Å². The highest BCUT2D eigenvalue weighted by Gasteiger charge is 2.32. The molecule has 142 valence electrons. The van der Waals surface area contributed by atoms with Gasteiger partial charge in [0.15, 0.2) is 0 Å². The van der Waals surface area contributed by atoms with Gasteiger partial charge in [0.2, 0.25) is 0 Å². The first-order chi connectivity index (χ1) is 12.8. The fraction of sp³-hybridized carbons (Fsp3) is 0.478. The van der Waals surface area contributed by atoms with E-state index in [2.05, 4.69) is 31.8 Å². The molecule has 0 radical (unpaired) electrons. The van der Waals surface area contributed by atoms with Crippen LogP contribution in [0.4, 0.5) is 5.00 Å². The molecule has 0 fully saturated rings. The van der Waals surface area contributed by atoms with E-state index in [-0.39, 0.29) is 6.10 Å². The lowest BCUT2D eigenvalue weighted by Gasteiger charge is -2.33. The molecule has 0 bridgehead atoms. The van der Waals surface area contributed by atoms with Crippen molar-refractivity contribution in [2.75, 3.05) is 0 Å². The second-order valence-corrected chi connectivity index (χ2v) is 9.68. The highest BCUT2D eigenvalue weighted by molar-refractivity contribution is 7.16. The summed E-state index contributed by atoms with van der Waals surface area (Å²) in [5.41, 5.74) is 3.32. The van der Waals surface area contributed by atoms with Crippen molar-refractivity contribution in [3.05, 3.63) is 45.8 Å². The zero-order chi connectivity index (χ0) is 19.6. The lowest BCUT2D eigenvalue weighted by molar-refractivity contribution is 0.218. The number of fused-ring (bicyclic) bond motifs is 1. The quantitative estimate of drug-likeness (QED) is 0.584. The van der Waals surface area contributed by atoms with E-state index in [4.69, 9.17) is 4.74 Å². The topological polar surface area (TPSA) is 45.4 Å². The van der Waals surface area contributed by atoms with Crippen LogP contribution in [-0.4, -0.2) is 12.3 Å². The Morgan fingerprint density at radius 1 is 1.26 bits per heavy atom. The lowest BCUT2D eigenvalue weighted by Crippen LogP contribution is -2.26. The van der Waals surface area contributed by atoms with Crippen LogP contribution in [0.2, 0.25) is 0 Å². The molecular weight excluding hydrogens is 352 g/mol. The molecule has 1 heterocycles. The molecule has 0 aliphatic heterocycles. The summed E-state index contributed by atoms with van der Waals surface area (Å²) in [4.78, 5) is 6.01. The standard InChI is InChI=1S/C23H28N2OS/c1-15(2)26-18-9-6-16(7-10-18)14-25-22-20(13-24)19-11-8-17(23(3,4)5)12-21(19)27-22/h6-7,9-10,14-15,17H,8,11-12H2,1-5H3/t17-/m0/s1. The van der Waals surface area contributed by atoms with E-state index >= 15 is 0 Å². The molecule has 0 saturated carbocycles. The zero-order valence-electron chi connectivity index (χ0n) is 16.9. The molecule has 0 spiro atoms. The van der Waals surface area contributed by atoms with Crippen LogP contribution in [0.25, 0.3) is 0 Å². The summed E-state index contributed by atoms with van der Waals surface area (Å²) in [5, 5.41) is 10.5. The fourth-order valence-electron chi connectivity index (χ4n) is 3.55. The fourth-order valence-corrected chi connectivity index (χ4v) is 4.78. The summed E-state index contributed by atoms with van der Waals surface area (Å²) in [6.45, 7) is 11.0. The minimum Gasteiger partial charge on any atom is -0.491 e. The Morgan fingerprint density at radius 2 is 1.96 bits per heavy atom. The largest absolute Gasteiger partial charge is 0.491 e. The van der Waals surface area contributed by atoms with Crippen molar-refractivity contribution in [1.29, 1.82) is 5.26 Å². The van der Waals surface area contributed by atoms with Crippen molar-refractivity contribution < 1.29 is 4.74 Å². The minimum absolute atomic E-state index is 0.164. The van der Waals surface area contributed by atoms with Crippen LogP contribution < -0.4 is 4.74 Å². The predicted octanol–water partition coefficient (Wildman–Crippen LogP) is 6.31. The molecule has 4 heteroatoms. The third-order valence-corrected chi connectivity index (χ3v) is 6.33. The Labute approximate surface area is 166 Å². The number of thiophene rings is 1. The maximum atomic E-state index is 9.67. The summed E-state index contributed by atoms with van der Waals surface area (Å²) in [6, 6.07) is 10.3. The summed E-state index contributed by atoms with van der Waals surface area (Å²) >= 11 is 1.69. The molecule has 1 atom stereocenters. The van der Waals surface area contributed by atoms with Crippen LogP contribution in [0.1, 0.15) is 62.6 Å². The van der Waals surface area contributed by atoms with Crippen LogP contribution in [0.3, 0.4) is 0 Å². The third kappa shape index (κ3) is 4.59. The summed E-state index contributed by atoms with van der Waals surface area (Å²) in [6.07, 6.45) is 5.22. The Morgan fingerprint density at radius 3 is 2.56 bits per heavy atom. The second-order valence-electron chi connectivity index (χ2n) is 8.60. The van der Waals surface area contributed by atoms with Gasteiger partial charge in [-0.05, 0) is 79.8 Å². The Hall–Kier alpha value is -2.12. The molecule has 0 N–H and O–H groups in total. The molecule has 0 amide bonds. The molecular formula is C23H28N2OS. The average molecular weight is 381 g/mol. The Kier molecular flexibility index (Phi) is 5.72. The highest BCUT2D eigenvalue weighted by Crippen LogP contribution is 2.44. The SMILES string of the molecule is CC(C)Oc1ccc(C=Nc2sc3c(c2C#N)CC[C@H](C(C)(C)C)C3)cc1. The van der Waals surface area contributed by atoms with Gasteiger partial charge in [-0.2, -0.15) is 5.26 Å². The van der Waals surface area contributed by atoms with Gasteiger partial charge in [0.1, 0.15) is 16.8 Å². The van der Waals surface area contributed by atoms with E-state index in [1.807, 2.05) is 44.3 Å². The van der Waals surface area contributed by atoms with Crippen molar-refractivity contribution in [3.63, 3.8) is 0 Å². The molecule has 1 aromatic carbocycles. The molecule has 3 rings (SSSR count). The van der Waals surface area contributed by atoms with Gasteiger partial charge in [-0.3, -0.25) is 0 Å². The number of nitrogens with zero attached hydrogens (tertiary/aromatic N) is 2. The van der Waals surface area contributed by atoms with E-state index in [9.17, 15) is 5.26 Å². The van der Waals surface area contributed by atoms with Crippen LogP contribution >= 0.6 is 11.3 Å². The van der Waals surface area contributed by atoms with Crippen molar-refractivity contribution in [1.82, 2.24) is 0 Å². The van der Waals surface area contributed by atoms with Gasteiger partial charge in [0.05, 0.1) is 11.7 Å². The number of benzene rings is 1. The average Bonchev–Trinajstić information content (AvgIpc) is 2.96. The van der Waals surface area contributed by atoms with Gasteiger partial charge in [0, 0.05) is 11.1 Å². The van der Waals surface area contributed by atoms with Crippen molar-refractivity contribution >= 4 is 22.6 Å². The van der Waals surface area contributed by atoms with Gasteiger partial charge in [-0.25, -0.2) is 4.99 Å². The van der Waals surface area contributed by atoms with Crippen molar-refractivity contribution in [2.24, 2.45) is 16.3 Å². The monoisotopic (exact) mass is 380 g/mol. The third-order valence-electron chi connectivity index (χ3n) is 5.17. The molecule has 0 unspecified atom stereocenters. The van der Waals surface area contributed by atoms with E-state index in [1.165, 1.54) is 10.4 Å². The van der Waals surface area contributed by atoms with E-state index in [0.29, 0.717) is 11.3 Å². The lowest BCUT2D eigenvalue weighted by atomic mass is 9.72. The van der Waals surface area contributed by atoms with E-state index in [1.54, 1.807) is 11.3 Å². The number of nitriles is 1. The highest BCUT2D eigenvalue weighted by atomic mass is 32.1. The number of aliphatic imine (C=N–C) groups is 1. The van der Waals surface area contributed by atoms with Gasteiger partial charge >= 0.3 is 0 Å². The Balaban J connectivity index is 1.81. The Bertz CT molecular complexity index is 864. The predicted molar refractivity (Wildman–Crippen MR) is 113 cm³/mol. The van der Waals surface area contributed by atoms with Crippen LogP contribution in [0.15, 0.2) is 29.3 Å². The summed E-state index contributed by atoms with van der Waals surface area (Å²) in [5.74, 6) is 1.53. The molecule has 0 saturated heterocycles. The smallest absolute Gasteiger partial charge is 0.134 e. The van der Waals surface area contributed by atoms with E-state index in [0.717, 1.165) is 41.1 Å². The van der Waals surface area contributed by atoms with Crippen LogP contribution in [-0.2, 0) is 12.8 Å². The number of rotatable bonds is 4.